The highest BCUT2D eigenvalue weighted by Crippen LogP contribution is 2.15. The van der Waals surface area contributed by atoms with E-state index < -0.39 is 0 Å². The maximum absolute atomic E-state index is 12.0. The Morgan fingerprint density at radius 1 is 1.41 bits per heavy atom. The number of carbonyl (C=O) groups excluding carboxylic acids is 2. The fourth-order valence-electron chi connectivity index (χ4n) is 2.21. The Balaban J connectivity index is 2.13. The first kappa shape index (κ1) is 16.5. The van der Waals surface area contributed by atoms with Gasteiger partial charge in [0.1, 0.15) is 0 Å². The summed E-state index contributed by atoms with van der Waals surface area (Å²) in [6, 6.07) is 3.81. The maximum atomic E-state index is 12.0. The molecule has 0 radical (unpaired) electrons. The number of thiophene rings is 1. The molecule has 0 unspecified atom stereocenters. The third-order valence-electron chi connectivity index (χ3n) is 3.36. The Morgan fingerprint density at radius 3 is 2.86 bits per heavy atom. The Kier molecular flexibility index (Phi) is 5.97. The van der Waals surface area contributed by atoms with Crippen LogP contribution in [0.5, 0.6) is 0 Å². The SMILES string of the molecule is CCOC(=O)C1=C(CN(CC)Cc2cccs2)NC(=O)NC1. The zero-order valence-electron chi connectivity index (χ0n) is 12.8. The summed E-state index contributed by atoms with van der Waals surface area (Å²) in [5.74, 6) is -0.378. The van der Waals surface area contributed by atoms with Gasteiger partial charge in [0.2, 0.25) is 0 Å². The number of ether oxygens (including phenoxy) is 1. The molecule has 1 aliphatic rings. The quantitative estimate of drug-likeness (QED) is 0.749. The maximum Gasteiger partial charge on any atom is 0.337 e. The molecule has 2 N–H and O–H groups in total. The predicted molar refractivity (Wildman–Crippen MR) is 85.5 cm³/mol. The van der Waals surface area contributed by atoms with Gasteiger partial charge in [-0.1, -0.05) is 13.0 Å². The van der Waals surface area contributed by atoms with E-state index >= 15 is 0 Å². The highest BCUT2D eigenvalue weighted by molar-refractivity contribution is 7.09. The first-order chi connectivity index (χ1) is 10.6. The van der Waals surface area contributed by atoms with Crippen molar-refractivity contribution in [3.05, 3.63) is 33.7 Å². The number of esters is 1. The topological polar surface area (TPSA) is 70.7 Å². The highest BCUT2D eigenvalue weighted by Gasteiger charge is 2.24. The van der Waals surface area contributed by atoms with Gasteiger partial charge in [0.25, 0.3) is 0 Å². The monoisotopic (exact) mass is 323 g/mol. The van der Waals surface area contributed by atoms with Gasteiger partial charge in [-0.2, -0.15) is 0 Å². The summed E-state index contributed by atoms with van der Waals surface area (Å²) in [5, 5.41) is 7.39. The van der Waals surface area contributed by atoms with Crippen LogP contribution in [-0.4, -0.2) is 43.1 Å². The van der Waals surface area contributed by atoms with Crippen molar-refractivity contribution >= 4 is 23.3 Å². The Hall–Kier alpha value is -1.86. The molecule has 0 aliphatic carbocycles. The van der Waals surface area contributed by atoms with Crippen LogP contribution in [0.25, 0.3) is 0 Å². The largest absolute Gasteiger partial charge is 0.463 e. The zero-order valence-corrected chi connectivity index (χ0v) is 13.7. The molecule has 6 nitrogen and oxygen atoms in total. The highest BCUT2D eigenvalue weighted by atomic mass is 32.1. The molecule has 2 heterocycles. The molecule has 0 atom stereocenters. The second-order valence-electron chi connectivity index (χ2n) is 4.87. The van der Waals surface area contributed by atoms with E-state index in [1.54, 1.807) is 18.3 Å². The molecule has 1 aromatic heterocycles. The molecule has 120 valence electrons. The van der Waals surface area contributed by atoms with Crippen molar-refractivity contribution in [2.45, 2.75) is 20.4 Å². The molecule has 0 aromatic carbocycles. The Labute approximate surface area is 134 Å². The summed E-state index contributed by atoms with van der Waals surface area (Å²) >= 11 is 1.70. The van der Waals surface area contributed by atoms with Gasteiger partial charge in [-0.15, -0.1) is 11.3 Å². The minimum Gasteiger partial charge on any atom is -0.463 e. The molecule has 2 rings (SSSR count). The zero-order chi connectivity index (χ0) is 15.9. The van der Waals surface area contributed by atoms with E-state index in [1.807, 2.05) is 11.4 Å². The standard InChI is InChI=1S/C15H21N3O3S/c1-3-18(9-11-6-5-7-22-11)10-13-12(14(19)21-4-2)8-16-15(20)17-13/h5-7H,3-4,8-10H2,1-2H3,(H2,16,17,20). The van der Waals surface area contributed by atoms with Crippen LogP contribution >= 0.6 is 11.3 Å². The molecule has 0 saturated carbocycles. The van der Waals surface area contributed by atoms with Gasteiger partial charge in [-0.05, 0) is 24.9 Å². The summed E-state index contributed by atoms with van der Waals surface area (Å²) in [6.45, 7) is 6.46. The van der Waals surface area contributed by atoms with Gasteiger partial charge in [0.15, 0.2) is 0 Å². The lowest BCUT2D eigenvalue weighted by atomic mass is 10.1. The third kappa shape index (κ3) is 4.32. The van der Waals surface area contributed by atoms with Gasteiger partial charge < -0.3 is 15.4 Å². The number of rotatable bonds is 7. The normalized spacial score (nSPS) is 14.8. The summed E-state index contributed by atoms with van der Waals surface area (Å²) in [6.07, 6.45) is 0. The Bertz CT molecular complexity index is 554. The van der Waals surface area contributed by atoms with Crippen molar-refractivity contribution in [2.75, 3.05) is 26.2 Å². The van der Waals surface area contributed by atoms with E-state index in [0.29, 0.717) is 24.4 Å². The van der Waals surface area contributed by atoms with E-state index in [1.165, 1.54) is 4.88 Å². The molecular weight excluding hydrogens is 302 g/mol. The molecule has 1 aliphatic heterocycles. The third-order valence-corrected chi connectivity index (χ3v) is 4.23. The Morgan fingerprint density at radius 2 is 2.23 bits per heavy atom. The van der Waals surface area contributed by atoms with Gasteiger partial charge in [-0.3, -0.25) is 4.90 Å². The van der Waals surface area contributed by atoms with Gasteiger partial charge >= 0.3 is 12.0 Å². The lowest BCUT2D eigenvalue weighted by Crippen LogP contribution is -2.46. The number of nitrogens with one attached hydrogen (secondary N) is 2. The molecular formula is C15H21N3O3S. The summed E-state index contributed by atoms with van der Waals surface area (Å²) in [4.78, 5) is 27.0. The van der Waals surface area contributed by atoms with Crippen LogP contribution in [0.3, 0.4) is 0 Å². The fraction of sp³-hybridized carbons (Fsp3) is 0.467. The van der Waals surface area contributed by atoms with Crippen LogP contribution in [0, 0.1) is 0 Å². The van der Waals surface area contributed by atoms with E-state index in [4.69, 9.17) is 4.74 Å². The van der Waals surface area contributed by atoms with Crippen LogP contribution in [0.1, 0.15) is 18.7 Å². The van der Waals surface area contributed by atoms with Crippen molar-refractivity contribution in [2.24, 2.45) is 0 Å². The summed E-state index contributed by atoms with van der Waals surface area (Å²) < 4.78 is 5.06. The smallest absolute Gasteiger partial charge is 0.337 e. The molecule has 0 bridgehead atoms. The lowest BCUT2D eigenvalue weighted by molar-refractivity contribution is -0.138. The van der Waals surface area contributed by atoms with Crippen molar-refractivity contribution in [3.8, 4) is 0 Å². The molecule has 0 saturated heterocycles. The first-order valence-electron chi connectivity index (χ1n) is 7.32. The molecule has 22 heavy (non-hydrogen) atoms. The van der Waals surface area contributed by atoms with Gasteiger partial charge in [-0.25, -0.2) is 9.59 Å². The molecule has 1 aromatic rings. The predicted octanol–water partition coefficient (Wildman–Crippen LogP) is 1.70. The summed E-state index contributed by atoms with van der Waals surface area (Å²) in [7, 11) is 0. The van der Waals surface area contributed by atoms with Crippen molar-refractivity contribution in [3.63, 3.8) is 0 Å². The molecule has 7 heteroatoms. The molecule has 0 spiro atoms. The van der Waals surface area contributed by atoms with E-state index in [2.05, 4.69) is 28.5 Å². The van der Waals surface area contributed by atoms with Crippen LogP contribution in [-0.2, 0) is 16.1 Å². The van der Waals surface area contributed by atoms with Crippen molar-refractivity contribution in [1.29, 1.82) is 0 Å². The number of amides is 2. The average Bonchev–Trinajstić information content (AvgIpc) is 3.00. The van der Waals surface area contributed by atoms with Crippen LogP contribution in [0.4, 0.5) is 4.79 Å². The van der Waals surface area contributed by atoms with E-state index in [9.17, 15) is 9.59 Å². The van der Waals surface area contributed by atoms with Gasteiger partial charge in [0.05, 0.1) is 18.7 Å². The van der Waals surface area contributed by atoms with E-state index in [-0.39, 0.29) is 18.5 Å². The van der Waals surface area contributed by atoms with E-state index in [0.717, 1.165) is 13.1 Å². The van der Waals surface area contributed by atoms with Crippen molar-refractivity contribution in [1.82, 2.24) is 15.5 Å². The first-order valence-corrected chi connectivity index (χ1v) is 8.20. The lowest BCUT2D eigenvalue weighted by Gasteiger charge is -2.26. The van der Waals surface area contributed by atoms with Crippen LogP contribution in [0.2, 0.25) is 0 Å². The number of likely N-dealkylation sites (N-methyl/N-ethyl adjacent to an activating group) is 1. The number of urea groups is 1. The summed E-state index contributed by atoms with van der Waals surface area (Å²) in [5.41, 5.74) is 1.12. The number of carbonyl (C=O) groups is 2. The molecule has 2 amide bonds. The van der Waals surface area contributed by atoms with Crippen molar-refractivity contribution < 1.29 is 14.3 Å². The second kappa shape index (κ2) is 7.95. The van der Waals surface area contributed by atoms with Gasteiger partial charge in [0, 0.05) is 23.7 Å². The number of hydrogen-bond acceptors (Lipinski definition) is 5. The van der Waals surface area contributed by atoms with Crippen LogP contribution < -0.4 is 10.6 Å². The average molecular weight is 323 g/mol. The fourth-order valence-corrected chi connectivity index (χ4v) is 2.95. The number of hydrogen-bond donors (Lipinski definition) is 2. The molecule has 0 fully saturated rings. The number of nitrogens with zero attached hydrogens (tertiary/aromatic N) is 1. The second-order valence-corrected chi connectivity index (χ2v) is 5.90. The minimum atomic E-state index is -0.378. The minimum absolute atomic E-state index is 0.205. The van der Waals surface area contributed by atoms with Crippen LogP contribution in [0.15, 0.2) is 28.8 Å².